The van der Waals surface area contributed by atoms with Crippen molar-refractivity contribution in [3.05, 3.63) is 59.7 Å². The molecular weight excluding hydrogens is 346 g/mol. The Morgan fingerprint density at radius 1 is 0.963 bits per heavy atom. The first-order valence-corrected chi connectivity index (χ1v) is 8.36. The maximum Gasteiger partial charge on any atom is 0.248 e. The Morgan fingerprint density at radius 3 is 2.56 bits per heavy atom. The summed E-state index contributed by atoms with van der Waals surface area (Å²) in [5.41, 5.74) is 2.74. The summed E-state index contributed by atoms with van der Waals surface area (Å²) in [5, 5.41) is 15.3. The van der Waals surface area contributed by atoms with E-state index in [9.17, 15) is 0 Å². The highest BCUT2D eigenvalue weighted by Gasteiger charge is 2.27. The molecule has 1 atom stereocenters. The minimum Gasteiger partial charge on any atom is -0.497 e. The lowest BCUT2D eigenvalue weighted by Crippen LogP contribution is -2.20. The number of nitrogens with one attached hydrogen (secondary N) is 1. The van der Waals surface area contributed by atoms with E-state index in [2.05, 4.69) is 26.9 Å². The van der Waals surface area contributed by atoms with E-state index in [1.54, 1.807) is 26.0 Å². The van der Waals surface area contributed by atoms with Crippen LogP contribution in [0.4, 0.5) is 5.95 Å². The van der Waals surface area contributed by atoms with Gasteiger partial charge in [0.1, 0.15) is 23.3 Å². The number of hydrogen-bond donors (Lipinski definition) is 1. The van der Waals surface area contributed by atoms with Crippen molar-refractivity contribution in [2.45, 2.75) is 6.04 Å². The Kier molecular flexibility index (Phi) is 4.37. The summed E-state index contributed by atoms with van der Waals surface area (Å²) in [5.74, 6) is 2.78. The highest BCUT2D eigenvalue weighted by Crippen LogP contribution is 2.37. The average molecular weight is 365 g/mol. The summed E-state index contributed by atoms with van der Waals surface area (Å²) < 4.78 is 18.0. The number of anilines is 1. The van der Waals surface area contributed by atoms with Crippen molar-refractivity contribution in [1.29, 1.82) is 0 Å². The third kappa shape index (κ3) is 3.05. The Morgan fingerprint density at radius 2 is 1.78 bits per heavy atom. The topological polar surface area (TPSA) is 83.3 Å². The van der Waals surface area contributed by atoms with Gasteiger partial charge in [-0.3, -0.25) is 0 Å². The van der Waals surface area contributed by atoms with Crippen LogP contribution in [0, 0.1) is 0 Å². The monoisotopic (exact) mass is 365 g/mol. The van der Waals surface area contributed by atoms with E-state index in [1.165, 1.54) is 0 Å². The highest BCUT2D eigenvalue weighted by molar-refractivity contribution is 5.77. The van der Waals surface area contributed by atoms with Gasteiger partial charge in [0.15, 0.2) is 0 Å². The van der Waals surface area contributed by atoms with Gasteiger partial charge in [0.05, 0.1) is 21.3 Å². The van der Waals surface area contributed by atoms with Crippen LogP contribution < -0.4 is 19.5 Å². The van der Waals surface area contributed by atoms with Gasteiger partial charge in [-0.2, -0.15) is 4.68 Å². The van der Waals surface area contributed by atoms with Gasteiger partial charge < -0.3 is 19.5 Å². The summed E-state index contributed by atoms with van der Waals surface area (Å²) in [7, 11) is 4.92. The molecule has 2 aromatic carbocycles. The van der Waals surface area contributed by atoms with E-state index in [0.717, 1.165) is 34.1 Å². The lowest BCUT2D eigenvalue weighted by atomic mass is 10.0. The molecule has 138 valence electrons. The number of benzene rings is 2. The molecule has 27 heavy (non-hydrogen) atoms. The fourth-order valence-electron chi connectivity index (χ4n) is 3.10. The van der Waals surface area contributed by atoms with Crippen LogP contribution in [0.5, 0.6) is 17.2 Å². The largest absolute Gasteiger partial charge is 0.497 e. The van der Waals surface area contributed by atoms with Crippen LogP contribution in [0.3, 0.4) is 0 Å². The van der Waals surface area contributed by atoms with Crippen LogP contribution in [-0.4, -0.2) is 41.5 Å². The first-order valence-electron chi connectivity index (χ1n) is 8.36. The van der Waals surface area contributed by atoms with Crippen LogP contribution >= 0.6 is 0 Å². The lowest BCUT2D eigenvalue weighted by molar-refractivity contribution is 0.393. The second-order valence-electron chi connectivity index (χ2n) is 5.94. The third-order valence-corrected chi connectivity index (χ3v) is 4.46. The molecule has 0 unspecified atom stereocenters. The highest BCUT2D eigenvalue weighted by atomic mass is 16.5. The molecular formula is C19H19N5O3. The van der Waals surface area contributed by atoms with Gasteiger partial charge in [-0.05, 0) is 46.8 Å². The Bertz CT molecular complexity index is 999. The molecule has 0 saturated heterocycles. The maximum absolute atomic E-state index is 5.56. The standard InChI is InChI=1S/C19H19N5O3/c1-25-13-6-4-5-12(9-13)16-11-17(24-19(20-16)21-22-23-24)15-10-14(26-2)7-8-18(15)27-3/h4-11,17H,1-3H3,(H,20,21,23)/t17-/m1/s1. The van der Waals surface area contributed by atoms with E-state index >= 15 is 0 Å². The van der Waals surface area contributed by atoms with Crippen LogP contribution in [-0.2, 0) is 0 Å². The van der Waals surface area contributed by atoms with Crippen molar-refractivity contribution < 1.29 is 14.2 Å². The molecule has 0 bridgehead atoms. The SMILES string of the molecule is COc1cccc(C2=C[C@H](c3cc(OC)ccc3OC)n3nnnc3N2)c1. The van der Waals surface area contributed by atoms with E-state index in [4.69, 9.17) is 14.2 Å². The molecule has 3 aromatic rings. The second kappa shape index (κ2) is 6.99. The summed E-state index contributed by atoms with van der Waals surface area (Å²) in [6.07, 6.45) is 2.05. The van der Waals surface area contributed by atoms with Crippen LogP contribution in [0.25, 0.3) is 5.70 Å². The van der Waals surface area contributed by atoms with Crippen molar-refractivity contribution >= 4 is 11.6 Å². The number of methoxy groups -OCH3 is 3. The van der Waals surface area contributed by atoms with Crippen LogP contribution in [0.15, 0.2) is 48.5 Å². The van der Waals surface area contributed by atoms with Crippen molar-refractivity contribution in [1.82, 2.24) is 20.2 Å². The fourth-order valence-corrected chi connectivity index (χ4v) is 3.10. The number of fused-ring (bicyclic) bond motifs is 1. The number of nitrogens with zero attached hydrogens (tertiary/aromatic N) is 4. The number of aromatic nitrogens is 4. The van der Waals surface area contributed by atoms with Crippen molar-refractivity contribution in [2.75, 3.05) is 26.6 Å². The lowest BCUT2D eigenvalue weighted by Gasteiger charge is -2.25. The van der Waals surface area contributed by atoms with Gasteiger partial charge in [-0.1, -0.05) is 17.2 Å². The van der Waals surface area contributed by atoms with Crippen LogP contribution in [0.1, 0.15) is 17.2 Å². The molecule has 0 radical (unpaired) electrons. The minimum atomic E-state index is -0.262. The van der Waals surface area contributed by atoms with Gasteiger partial charge in [0.2, 0.25) is 5.95 Å². The molecule has 1 aromatic heterocycles. The van der Waals surface area contributed by atoms with Gasteiger partial charge in [0.25, 0.3) is 0 Å². The molecule has 0 spiro atoms. The Hall–Kier alpha value is -3.55. The third-order valence-electron chi connectivity index (χ3n) is 4.46. The van der Waals surface area contributed by atoms with Gasteiger partial charge in [-0.15, -0.1) is 0 Å². The van der Waals surface area contributed by atoms with Crippen LogP contribution in [0.2, 0.25) is 0 Å². The molecule has 1 aliphatic heterocycles. The molecule has 0 fully saturated rings. The van der Waals surface area contributed by atoms with Crippen molar-refractivity contribution in [3.63, 3.8) is 0 Å². The second-order valence-corrected chi connectivity index (χ2v) is 5.94. The summed E-state index contributed by atoms with van der Waals surface area (Å²) in [4.78, 5) is 0. The van der Waals surface area contributed by atoms with Crippen molar-refractivity contribution in [3.8, 4) is 17.2 Å². The first-order chi connectivity index (χ1) is 13.2. The fraction of sp³-hybridized carbons (Fsp3) is 0.211. The molecule has 0 amide bonds. The number of allylic oxidation sites excluding steroid dienone is 1. The Balaban J connectivity index is 1.85. The summed E-state index contributed by atoms with van der Waals surface area (Å²) in [6, 6.07) is 13.2. The first kappa shape index (κ1) is 16.9. The summed E-state index contributed by atoms with van der Waals surface area (Å²) in [6.45, 7) is 0. The van der Waals surface area contributed by atoms with Gasteiger partial charge in [-0.25, -0.2) is 0 Å². The Labute approximate surface area is 156 Å². The van der Waals surface area contributed by atoms with E-state index in [0.29, 0.717) is 5.95 Å². The minimum absolute atomic E-state index is 0.262. The van der Waals surface area contributed by atoms with E-state index in [-0.39, 0.29) is 6.04 Å². The molecule has 8 nitrogen and oxygen atoms in total. The molecule has 1 aliphatic rings. The quantitative estimate of drug-likeness (QED) is 0.744. The molecule has 2 heterocycles. The van der Waals surface area contributed by atoms with E-state index < -0.39 is 0 Å². The zero-order valence-corrected chi connectivity index (χ0v) is 15.2. The number of tetrazole rings is 1. The molecule has 0 aliphatic carbocycles. The number of ether oxygens (including phenoxy) is 3. The maximum atomic E-state index is 5.56. The zero-order valence-electron chi connectivity index (χ0n) is 15.2. The number of hydrogen-bond acceptors (Lipinski definition) is 7. The smallest absolute Gasteiger partial charge is 0.248 e. The average Bonchev–Trinajstić information content (AvgIpc) is 3.21. The summed E-state index contributed by atoms with van der Waals surface area (Å²) >= 11 is 0. The number of rotatable bonds is 5. The van der Waals surface area contributed by atoms with Gasteiger partial charge >= 0.3 is 0 Å². The normalized spacial score (nSPS) is 15.4. The predicted molar refractivity (Wildman–Crippen MR) is 100 cm³/mol. The molecule has 8 heteroatoms. The zero-order chi connectivity index (χ0) is 18.8. The predicted octanol–water partition coefficient (Wildman–Crippen LogP) is 2.75. The van der Waals surface area contributed by atoms with Crippen molar-refractivity contribution in [2.24, 2.45) is 0 Å². The molecule has 4 rings (SSSR count). The molecule has 0 saturated carbocycles. The van der Waals surface area contributed by atoms with E-state index in [1.807, 2.05) is 42.5 Å². The van der Waals surface area contributed by atoms with Gasteiger partial charge in [0, 0.05) is 16.8 Å². The molecule has 1 N–H and O–H groups in total.